The van der Waals surface area contributed by atoms with Gasteiger partial charge in [-0.25, -0.2) is 0 Å². The van der Waals surface area contributed by atoms with Crippen molar-refractivity contribution in [2.75, 3.05) is 6.54 Å². The van der Waals surface area contributed by atoms with Crippen molar-refractivity contribution >= 4 is 0 Å². The van der Waals surface area contributed by atoms with Crippen molar-refractivity contribution in [2.24, 2.45) is 5.73 Å². The van der Waals surface area contributed by atoms with Crippen LogP contribution in [0.25, 0.3) is 0 Å². The summed E-state index contributed by atoms with van der Waals surface area (Å²) >= 11 is 0. The van der Waals surface area contributed by atoms with E-state index in [1.807, 2.05) is 6.92 Å². The molecule has 0 aromatic carbocycles. The summed E-state index contributed by atoms with van der Waals surface area (Å²) in [7, 11) is 0. The van der Waals surface area contributed by atoms with Crippen LogP contribution < -0.4 is 5.73 Å². The van der Waals surface area contributed by atoms with Crippen molar-refractivity contribution in [3.8, 4) is 0 Å². The molecule has 1 saturated heterocycles. The highest BCUT2D eigenvalue weighted by Gasteiger charge is 2.34. The molecule has 1 aliphatic heterocycles. The number of halogens is 3. The maximum atomic E-state index is 12.5. The van der Waals surface area contributed by atoms with Gasteiger partial charge in [-0.3, -0.25) is 10.00 Å². The number of nitrogens with one attached hydrogen (secondary N) is 1. The number of nitrogens with two attached hydrogens (primary N) is 1. The summed E-state index contributed by atoms with van der Waals surface area (Å²) in [5, 5.41) is 5.78. The predicted molar refractivity (Wildman–Crippen MR) is 65.3 cm³/mol. The van der Waals surface area contributed by atoms with Crippen molar-refractivity contribution in [2.45, 2.75) is 51.0 Å². The third-order valence-electron chi connectivity index (χ3n) is 3.57. The second-order valence-electron chi connectivity index (χ2n) is 5.17. The number of aromatic amines is 1. The predicted octanol–water partition coefficient (Wildman–Crippen LogP) is 2.13. The first-order valence-corrected chi connectivity index (χ1v) is 6.49. The Morgan fingerprint density at radius 2 is 2.26 bits per heavy atom. The molecule has 2 atom stereocenters. The molecule has 2 heterocycles. The van der Waals surface area contributed by atoms with Crippen LogP contribution >= 0.6 is 0 Å². The van der Waals surface area contributed by atoms with Gasteiger partial charge in [0, 0.05) is 24.3 Å². The Hall–Kier alpha value is -1.08. The first-order chi connectivity index (χ1) is 8.88. The molecule has 2 rings (SSSR count). The van der Waals surface area contributed by atoms with Crippen LogP contribution in [0.2, 0.25) is 0 Å². The number of likely N-dealkylation sites (tertiary alicyclic amines) is 1. The summed E-state index contributed by atoms with van der Waals surface area (Å²) in [5.41, 5.74) is 5.56. The van der Waals surface area contributed by atoms with Crippen molar-refractivity contribution in [3.05, 3.63) is 17.5 Å². The van der Waals surface area contributed by atoms with E-state index < -0.39 is 11.9 Å². The first kappa shape index (κ1) is 14.3. The van der Waals surface area contributed by atoms with Gasteiger partial charge in [0.15, 0.2) is 5.69 Å². The fourth-order valence-electron chi connectivity index (χ4n) is 2.62. The fourth-order valence-corrected chi connectivity index (χ4v) is 2.62. The van der Waals surface area contributed by atoms with E-state index in [0.29, 0.717) is 12.2 Å². The second-order valence-corrected chi connectivity index (χ2v) is 5.17. The molecule has 0 amide bonds. The molecule has 0 bridgehead atoms. The highest BCUT2D eigenvalue weighted by Crippen LogP contribution is 2.28. The molecule has 0 radical (unpaired) electrons. The summed E-state index contributed by atoms with van der Waals surface area (Å²) in [6.45, 7) is 3.25. The van der Waals surface area contributed by atoms with Gasteiger partial charge in [-0.15, -0.1) is 0 Å². The quantitative estimate of drug-likeness (QED) is 0.889. The van der Waals surface area contributed by atoms with Crippen LogP contribution in [0.1, 0.15) is 37.6 Å². The Morgan fingerprint density at radius 3 is 2.84 bits per heavy atom. The minimum atomic E-state index is -4.39. The number of aromatic nitrogens is 2. The number of rotatable bonds is 3. The van der Waals surface area contributed by atoms with E-state index >= 15 is 0 Å². The molecule has 1 aromatic heterocycles. The van der Waals surface area contributed by atoms with Gasteiger partial charge in [-0.1, -0.05) is 6.42 Å². The zero-order chi connectivity index (χ0) is 14.0. The van der Waals surface area contributed by atoms with E-state index in [1.165, 1.54) is 0 Å². The number of hydrogen-bond donors (Lipinski definition) is 2. The Bertz CT molecular complexity index is 413. The highest BCUT2D eigenvalue weighted by atomic mass is 19.4. The maximum Gasteiger partial charge on any atom is 0.435 e. The monoisotopic (exact) mass is 276 g/mol. The van der Waals surface area contributed by atoms with Crippen molar-refractivity contribution in [1.82, 2.24) is 15.1 Å². The van der Waals surface area contributed by atoms with Gasteiger partial charge in [0.1, 0.15) is 0 Å². The highest BCUT2D eigenvalue weighted by molar-refractivity contribution is 5.11. The lowest BCUT2D eigenvalue weighted by molar-refractivity contribution is -0.141. The van der Waals surface area contributed by atoms with Crippen LogP contribution in [0.4, 0.5) is 13.2 Å². The van der Waals surface area contributed by atoms with Gasteiger partial charge in [-0.2, -0.15) is 18.3 Å². The minimum absolute atomic E-state index is 0.0188. The SMILES string of the molecule is CC(N)C1CCCCN1Cc1cc(C(F)(F)F)n[nH]1. The number of H-pyrrole nitrogens is 1. The number of hydrogen-bond acceptors (Lipinski definition) is 3. The zero-order valence-corrected chi connectivity index (χ0v) is 10.9. The average Bonchev–Trinajstić information content (AvgIpc) is 2.77. The van der Waals surface area contributed by atoms with E-state index in [0.717, 1.165) is 31.9 Å². The van der Waals surface area contributed by atoms with Gasteiger partial charge in [-0.05, 0) is 32.4 Å². The lowest BCUT2D eigenvalue weighted by Crippen LogP contribution is -2.48. The van der Waals surface area contributed by atoms with E-state index in [9.17, 15) is 13.2 Å². The molecule has 1 aliphatic rings. The summed E-state index contributed by atoms with van der Waals surface area (Å²) in [5.74, 6) is 0. The van der Waals surface area contributed by atoms with Gasteiger partial charge in [0.05, 0.1) is 0 Å². The topological polar surface area (TPSA) is 57.9 Å². The number of alkyl halides is 3. The Balaban J connectivity index is 2.05. The van der Waals surface area contributed by atoms with E-state index in [4.69, 9.17) is 5.73 Å². The maximum absolute atomic E-state index is 12.5. The second kappa shape index (κ2) is 5.50. The molecule has 0 aliphatic carbocycles. The number of nitrogens with zero attached hydrogens (tertiary/aromatic N) is 2. The Kier molecular flexibility index (Phi) is 4.15. The summed E-state index contributed by atoms with van der Waals surface area (Å²) < 4.78 is 37.4. The number of piperidine rings is 1. The molecule has 3 N–H and O–H groups in total. The van der Waals surface area contributed by atoms with Gasteiger partial charge >= 0.3 is 6.18 Å². The van der Waals surface area contributed by atoms with Crippen molar-refractivity contribution < 1.29 is 13.2 Å². The largest absolute Gasteiger partial charge is 0.435 e. The third-order valence-corrected chi connectivity index (χ3v) is 3.57. The average molecular weight is 276 g/mol. The normalized spacial score (nSPS) is 23.5. The van der Waals surface area contributed by atoms with Crippen LogP contribution in [0, 0.1) is 0 Å². The molecule has 0 saturated carbocycles. The van der Waals surface area contributed by atoms with Crippen LogP contribution in [-0.4, -0.2) is 33.7 Å². The van der Waals surface area contributed by atoms with Crippen LogP contribution in [0.15, 0.2) is 6.07 Å². The molecule has 108 valence electrons. The lowest BCUT2D eigenvalue weighted by atomic mass is 9.97. The minimum Gasteiger partial charge on any atom is -0.327 e. The van der Waals surface area contributed by atoms with Crippen molar-refractivity contribution in [1.29, 1.82) is 0 Å². The van der Waals surface area contributed by atoms with Crippen LogP contribution in [0.5, 0.6) is 0 Å². The van der Waals surface area contributed by atoms with E-state index in [2.05, 4.69) is 15.1 Å². The Morgan fingerprint density at radius 1 is 1.53 bits per heavy atom. The van der Waals surface area contributed by atoms with Crippen LogP contribution in [-0.2, 0) is 12.7 Å². The molecule has 0 spiro atoms. The molecule has 1 fully saturated rings. The smallest absolute Gasteiger partial charge is 0.327 e. The molecule has 7 heteroatoms. The summed E-state index contributed by atoms with van der Waals surface area (Å²) in [6.07, 6.45) is -1.21. The molecule has 4 nitrogen and oxygen atoms in total. The fraction of sp³-hybridized carbons (Fsp3) is 0.750. The molecular formula is C12H19F3N4. The third kappa shape index (κ3) is 3.48. The van der Waals surface area contributed by atoms with Crippen LogP contribution in [0.3, 0.4) is 0 Å². The lowest BCUT2D eigenvalue weighted by Gasteiger charge is -2.37. The van der Waals surface area contributed by atoms with Gasteiger partial charge < -0.3 is 5.73 Å². The summed E-state index contributed by atoms with van der Waals surface area (Å²) in [4.78, 5) is 2.14. The van der Waals surface area contributed by atoms with Gasteiger partial charge in [0.25, 0.3) is 0 Å². The van der Waals surface area contributed by atoms with E-state index in [-0.39, 0.29) is 12.1 Å². The zero-order valence-electron chi connectivity index (χ0n) is 10.9. The standard InChI is InChI=1S/C12H19F3N4/c1-8(16)10-4-2-3-5-19(10)7-9-6-11(18-17-9)12(13,14)15/h6,8,10H,2-5,7,16H2,1H3,(H,17,18). The Labute approximate surface area is 110 Å². The molecule has 19 heavy (non-hydrogen) atoms. The molecular weight excluding hydrogens is 257 g/mol. The first-order valence-electron chi connectivity index (χ1n) is 6.49. The summed E-state index contributed by atoms with van der Waals surface area (Å²) in [6, 6.07) is 1.32. The van der Waals surface area contributed by atoms with E-state index in [1.54, 1.807) is 0 Å². The molecule has 2 unspecified atom stereocenters. The van der Waals surface area contributed by atoms with Crippen molar-refractivity contribution in [3.63, 3.8) is 0 Å². The molecule has 1 aromatic rings. The van der Waals surface area contributed by atoms with Gasteiger partial charge in [0.2, 0.25) is 0 Å².